The highest BCUT2D eigenvalue weighted by molar-refractivity contribution is 6.36. The number of benzene rings is 1. The number of carbonyl (C=O) groups is 2. The second-order valence-electron chi connectivity index (χ2n) is 4.42. The van der Waals surface area contributed by atoms with E-state index in [1.807, 2.05) is 0 Å². The van der Waals surface area contributed by atoms with Gasteiger partial charge in [0.1, 0.15) is 5.54 Å². The molecular formula is C11H9Cl2FN2O2. The monoisotopic (exact) mass is 290 g/mol. The molecular weight excluding hydrogens is 282 g/mol. The van der Waals surface area contributed by atoms with Gasteiger partial charge in [0.25, 0.3) is 5.91 Å². The number of nitrogens with one attached hydrogen (secondary N) is 1. The lowest BCUT2D eigenvalue weighted by Crippen LogP contribution is -2.40. The molecule has 7 heteroatoms. The van der Waals surface area contributed by atoms with E-state index in [2.05, 4.69) is 5.32 Å². The molecule has 1 fully saturated rings. The lowest BCUT2D eigenvalue weighted by atomic mass is 10.1. The van der Waals surface area contributed by atoms with E-state index in [9.17, 15) is 14.0 Å². The van der Waals surface area contributed by atoms with Crippen molar-refractivity contribution in [1.29, 1.82) is 0 Å². The molecule has 0 aromatic heterocycles. The summed E-state index contributed by atoms with van der Waals surface area (Å²) < 4.78 is 13.3. The lowest BCUT2D eigenvalue weighted by Gasteiger charge is -2.16. The third kappa shape index (κ3) is 1.93. The van der Waals surface area contributed by atoms with Gasteiger partial charge in [-0.05, 0) is 26.0 Å². The van der Waals surface area contributed by atoms with E-state index in [4.69, 9.17) is 23.2 Å². The molecule has 1 aliphatic rings. The van der Waals surface area contributed by atoms with Gasteiger partial charge in [0, 0.05) is 0 Å². The lowest BCUT2D eigenvalue weighted by molar-refractivity contribution is -0.121. The van der Waals surface area contributed by atoms with Crippen molar-refractivity contribution in [3.63, 3.8) is 0 Å². The molecule has 1 heterocycles. The summed E-state index contributed by atoms with van der Waals surface area (Å²) in [6.45, 7) is 3.14. The van der Waals surface area contributed by atoms with Crippen LogP contribution in [0.2, 0.25) is 10.0 Å². The first-order chi connectivity index (χ1) is 8.24. The first-order valence-electron chi connectivity index (χ1n) is 5.05. The maximum Gasteiger partial charge on any atom is 0.329 e. The minimum atomic E-state index is -1.01. The van der Waals surface area contributed by atoms with Crippen LogP contribution in [-0.4, -0.2) is 17.5 Å². The summed E-state index contributed by atoms with van der Waals surface area (Å²) in [5.41, 5.74) is -0.871. The van der Waals surface area contributed by atoms with Crippen molar-refractivity contribution in [3.05, 3.63) is 28.0 Å². The van der Waals surface area contributed by atoms with E-state index in [1.54, 1.807) is 13.8 Å². The standard InChI is InChI=1S/C11H9Cl2FN2O2/c1-11(2)9(17)16(10(18)15-11)5-3-6(12)8(14)7(13)4-5/h3-4H,1-2H3,(H,15,18). The van der Waals surface area contributed by atoms with Crippen LogP contribution in [0, 0.1) is 5.82 Å². The third-order valence-electron chi connectivity index (χ3n) is 2.59. The van der Waals surface area contributed by atoms with E-state index in [0.717, 1.165) is 4.90 Å². The number of carbonyl (C=O) groups excluding carboxylic acids is 2. The van der Waals surface area contributed by atoms with Gasteiger partial charge >= 0.3 is 6.03 Å². The van der Waals surface area contributed by atoms with Crippen molar-refractivity contribution in [2.24, 2.45) is 0 Å². The molecule has 0 spiro atoms. The summed E-state index contributed by atoms with van der Waals surface area (Å²) in [6, 6.07) is 1.77. The molecule has 1 N–H and O–H groups in total. The Morgan fingerprint density at radius 3 is 2.11 bits per heavy atom. The van der Waals surface area contributed by atoms with E-state index in [1.165, 1.54) is 12.1 Å². The molecule has 0 unspecified atom stereocenters. The Morgan fingerprint density at radius 1 is 1.22 bits per heavy atom. The van der Waals surface area contributed by atoms with Gasteiger partial charge in [-0.2, -0.15) is 0 Å². The Bertz CT molecular complexity index is 537. The molecule has 0 radical (unpaired) electrons. The fourth-order valence-electron chi connectivity index (χ4n) is 1.65. The van der Waals surface area contributed by atoms with Crippen LogP contribution in [-0.2, 0) is 4.79 Å². The molecule has 96 valence electrons. The predicted molar refractivity (Wildman–Crippen MR) is 66.5 cm³/mol. The fourth-order valence-corrected chi connectivity index (χ4v) is 2.13. The highest BCUT2D eigenvalue weighted by Gasteiger charge is 2.45. The number of anilines is 1. The second-order valence-corrected chi connectivity index (χ2v) is 5.23. The maximum atomic E-state index is 13.3. The number of urea groups is 1. The Kier molecular flexibility index (Phi) is 2.99. The van der Waals surface area contributed by atoms with Crippen LogP contribution in [0.1, 0.15) is 13.8 Å². The summed E-state index contributed by atoms with van der Waals surface area (Å²) in [7, 11) is 0. The van der Waals surface area contributed by atoms with Crippen molar-refractivity contribution < 1.29 is 14.0 Å². The van der Waals surface area contributed by atoms with Crippen LogP contribution in [0.5, 0.6) is 0 Å². The summed E-state index contributed by atoms with van der Waals surface area (Å²) in [6.07, 6.45) is 0. The largest absolute Gasteiger partial charge is 0.329 e. The number of nitrogens with zero attached hydrogens (tertiary/aromatic N) is 1. The smallest absolute Gasteiger partial charge is 0.323 e. The number of hydrogen-bond donors (Lipinski definition) is 1. The Labute approximate surface area is 113 Å². The van der Waals surface area contributed by atoms with E-state index in [0.29, 0.717) is 0 Å². The minimum absolute atomic E-state index is 0.138. The van der Waals surface area contributed by atoms with E-state index < -0.39 is 23.3 Å². The van der Waals surface area contributed by atoms with E-state index >= 15 is 0 Å². The minimum Gasteiger partial charge on any atom is -0.323 e. The van der Waals surface area contributed by atoms with E-state index in [-0.39, 0.29) is 15.7 Å². The van der Waals surface area contributed by atoms with Crippen LogP contribution in [0.25, 0.3) is 0 Å². The molecule has 2 rings (SSSR count). The third-order valence-corrected chi connectivity index (χ3v) is 3.14. The van der Waals surface area contributed by atoms with Crippen molar-refractivity contribution in [2.75, 3.05) is 4.90 Å². The average Bonchev–Trinajstić information content (AvgIpc) is 2.44. The quantitative estimate of drug-likeness (QED) is 0.639. The van der Waals surface area contributed by atoms with Crippen LogP contribution in [0.3, 0.4) is 0 Å². The number of rotatable bonds is 1. The van der Waals surface area contributed by atoms with Crippen LogP contribution in [0.15, 0.2) is 12.1 Å². The Balaban J connectivity index is 2.50. The van der Waals surface area contributed by atoms with Gasteiger partial charge in [-0.1, -0.05) is 23.2 Å². The van der Waals surface area contributed by atoms with Crippen LogP contribution < -0.4 is 10.2 Å². The summed E-state index contributed by atoms with van der Waals surface area (Å²) in [5, 5.41) is 2.01. The second kappa shape index (κ2) is 4.10. The average molecular weight is 291 g/mol. The number of amides is 3. The van der Waals surface area contributed by atoms with Gasteiger partial charge in [-0.3, -0.25) is 4.79 Å². The number of halogens is 3. The predicted octanol–water partition coefficient (Wildman–Crippen LogP) is 2.97. The maximum absolute atomic E-state index is 13.3. The van der Waals surface area contributed by atoms with Gasteiger partial charge in [0.2, 0.25) is 0 Å². The van der Waals surface area contributed by atoms with Crippen molar-refractivity contribution >= 4 is 40.8 Å². The molecule has 1 aromatic carbocycles. The SMILES string of the molecule is CC1(C)NC(=O)N(c2cc(Cl)c(F)c(Cl)c2)C1=O. The molecule has 0 aliphatic carbocycles. The first kappa shape index (κ1) is 13.1. The van der Waals surface area contributed by atoms with Gasteiger partial charge in [-0.25, -0.2) is 14.1 Å². The molecule has 3 amide bonds. The number of hydrogen-bond acceptors (Lipinski definition) is 2. The van der Waals surface area contributed by atoms with Crippen molar-refractivity contribution in [3.8, 4) is 0 Å². The Hall–Kier alpha value is -1.33. The van der Waals surface area contributed by atoms with Crippen LogP contribution >= 0.6 is 23.2 Å². The van der Waals surface area contributed by atoms with Crippen LogP contribution in [0.4, 0.5) is 14.9 Å². The molecule has 1 aromatic rings. The Morgan fingerprint density at radius 2 is 1.72 bits per heavy atom. The highest BCUT2D eigenvalue weighted by atomic mass is 35.5. The van der Waals surface area contributed by atoms with Gasteiger partial charge < -0.3 is 5.32 Å². The number of imide groups is 1. The normalized spacial score (nSPS) is 18.2. The van der Waals surface area contributed by atoms with Gasteiger partial charge in [0.05, 0.1) is 15.7 Å². The zero-order valence-electron chi connectivity index (χ0n) is 9.55. The molecule has 1 aliphatic heterocycles. The molecule has 1 saturated heterocycles. The fraction of sp³-hybridized carbons (Fsp3) is 0.273. The first-order valence-corrected chi connectivity index (χ1v) is 5.81. The molecule has 18 heavy (non-hydrogen) atoms. The van der Waals surface area contributed by atoms with Gasteiger partial charge in [0.15, 0.2) is 5.82 Å². The molecule has 0 bridgehead atoms. The topological polar surface area (TPSA) is 49.4 Å². The molecule has 4 nitrogen and oxygen atoms in total. The zero-order valence-corrected chi connectivity index (χ0v) is 11.1. The highest BCUT2D eigenvalue weighted by Crippen LogP contribution is 2.32. The summed E-state index contributed by atoms with van der Waals surface area (Å²) in [4.78, 5) is 24.6. The van der Waals surface area contributed by atoms with Gasteiger partial charge in [-0.15, -0.1) is 0 Å². The summed E-state index contributed by atoms with van der Waals surface area (Å²) >= 11 is 11.3. The van der Waals surface area contributed by atoms with Crippen molar-refractivity contribution in [1.82, 2.24) is 5.32 Å². The molecule has 0 saturated carbocycles. The summed E-state index contributed by atoms with van der Waals surface area (Å²) in [5.74, 6) is -1.24. The molecule has 0 atom stereocenters. The zero-order chi connectivity index (χ0) is 13.7. The van der Waals surface area contributed by atoms with Crippen molar-refractivity contribution in [2.45, 2.75) is 19.4 Å².